The summed E-state index contributed by atoms with van der Waals surface area (Å²) in [7, 11) is 0. The summed E-state index contributed by atoms with van der Waals surface area (Å²) in [5, 5.41) is 29.7. The van der Waals surface area contributed by atoms with Crippen LogP contribution < -0.4 is 0 Å². The number of hydrogen-bond acceptors (Lipinski definition) is 18. The first-order valence-electron chi connectivity index (χ1n) is 35.4. The number of aromatic hydroxyl groups is 1. The van der Waals surface area contributed by atoms with E-state index >= 15 is 0 Å². The number of non-ortho nitro benzene ring substituents is 1. The summed E-state index contributed by atoms with van der Waals surface area (Å²) in [5.74, 6) is 2.31. The molecule has 0 saturated heterocycles. The number of carbonyl (C=O) groups is 2. The number of benzene rings is 6. The summed E-state index contributed by atoms with van der Waals surface area (Å²) in [4.78, 5) is 40.5. The van der Waals surface area contributed by atoms with E-state index in [1.54, 1.807) is 47.7 Å². The number of nitrogens with zero attached hydrogens (tertiary/aromatic N) is 2. The average molecular weight is 1800 g/mol. The highest BCUT2D eigenvalue weighted by atomic mass is 35.5. The number of rotatable bonds is 13. The number of nitro groups is 1. The van der Waals surface area contributed by atoms with Gasteiger partial charge in [0.05, 0.1) is 53.7 Å². The van der Waals surface area contributed by atoms with Crippen LogP contribution in [0.2, 0.25) is 31.0 Å². The van der Waals surface area contributed by atoms with Crippen LogP contribution in [-0.4, -0.2) is 61.6 Å². The van der Waals surface area contributed by atoms with Gasteiger partial charge in [0.1, 0.15) is 68.4 Å². The molecule has 18 rings (SSSR count). The maximum atomic E-state index is 11.9. The van der Waals surface area contributed by atoms with E-state index in [1.807, 2.05) is 184 Å². The minimum absolute atomic E-state index is 0.0598. The zero-order valence-corrected chi connectivity index (χ0v) is 72.1. The molecule has 0 bridgehead atoms. The van der Waals surface area contributed by atoms with Crippen molar-refractivity contribution in [1.29, 1.82) is 5.26 Å². The Morgan fingerprint density at radius 1 is 0.342 bits per heavy atom. The van der Waals surface area contributed by atoms with Gasteiger partial charge in [-0.15, -0.1) is 68.0 Å². The smallest absolute Gasteiger partial charge is 0.339 e. The number of thiophene rings is 6. The molecule has 12 aromatic rings. The van der Waals surface area contributed by atoms with E-state index in [1.165, 1.54) is 68.8 Å². The molecule has 6 aliphatic heterocycles. The van der Waals surface area contributed by atoms with E-state index < -0.39 is 4.92 Å². The van der Waals surface area contributed by atoms with Gasteiger partial charge in [-0.3, -0.25) is 10.1 Å². The highest BCUT2D eigenvalue weighted by molar-refractivity contribution is 7.19. The molecule has 0 saturated carbocycles. The number of cyclic esters (lactones) is 2. The monoisotopic (exact) mass is 1800 g/mol. The van der Waals surface area contributed by atoms with Gasteiger partial charge in [-0.05, 0) is 169 Å². The summed E-state index contributed by atoms with van der Waals surface area (Å²) in [6, 6.07) is 69.4. The Kier molecular flexibility index (Phi) is 27.8. The minimum Gasteiger partial charge on any atom is -0.508 e. The highest BCUT2D eigenvalue weighted by Gasteiger charge is 2.32. The molecule has 13 nitrogen and oxygen atoms in total. The van der Waals surface area contributed by atoms with Crippen LogP contribution in [0.3, 0.4) is 0 Å². The van der Waals surface area contributed by atoms with Crippen LogP contribution >= 0.6 is 149 Å². The Balaban J connectivity index is 0.000000122. The van der Waals surface area contributed by atoms with E-state index in [0.717, 1.165) is 148 Å². The molecule has 26 heteroatoms. The quantitative estimate of drug-likeness (QED) is 0.0657. The summed E-state index contributed by atoms with van der Waals surface area (Å²) in [6.07, 6.45) is 0. The molecule has 0 atom stereocenters. The first-order valence-corrected chi connectivity index (χ1v) is 42.9. The van der Waals surface area contributed by atoms with Crippen molar-refractivity contribution < 1.29 is 48.0 Å². The molecule has 0 aliphatic carbocycles. The highest BCUT2D eigenvalue weighted by Crippen LogP contribution is 2.47. The van der Waals surface area contributed by atoms with E-state index in [-0.39, 0.29) is 23.4 Å². The largest absolute Gasteiger partial charge is 0.508 e. The number of carbonyl (C=O) groups excluding carboxylic acids is 2. The fraction of sp³-hybridized carbons (Fsp3) is 0.0879. The van der Waals surface area contributed by atoms with Gasteiger partial charge in [0.15, 0.2) is 0 Å². The molecule has 12 heterocycles. The third kappa shape index (κ3) is 20.5. The number of nitriles is 1. The third-order valence-electron chi connectivity index (χ3n) is 18.5. The molecule has 588 valence electrons. The second-order valence-electron chi connectivity index (χ2n) is 26.0. The lowest BCUT2D eigenvalue weighted by Gasteiger charge is -2.05. The molecular formula is C91H63Cl7N2O11S6. The van der Waals surface area contributed by atoms with Crippen LogP contribution in [0.5, 0.6) is 5.75 Å². The third-order valence-corrected chi connectivity index (χ3v) is 26.5. The summed E-state index contributed by atoms with van der Waals surface area (Å²) in [6.45, 7) is 22.4. The lowest BCUT2D eigenvalue weighted by atomic mass is 9.99. The van der Waals surface area contributed by atoms with Crippen molar-refractivity contribution in [3.05, 3.63) is 388 Å². The molecule has 6 aromatic carbocycles. The molecule has 0 amide bonds. The SMILES string of the molecule is C=C1OCC(c2ccc(Cl)s2)=C1c1ccc(C#N)cc1.C=C1OCC(c2ccc(Cl)s2)=C1c1ccc(Cl)cc1.C=C1OCC(c2ccc(Cl)s2)=C1c1ccc(O)cc1.C=C1OCC(c2ccc(Cl)s2)=C1c1ccc([N+](=O)[O-])cc1.Cc1ccc(C2=C(c3ccc(Cl)s3)COC2=O)cc1.Cc1ccc(C2=C(c3ccc(Cl)s3)COC2=O)cc1. The summed E-state index contributed by atoms with van der Waals surface area (Å²) < 4.78 is 37.0. The van der Waals surface area contributed by atoms with E-state index in [4.69, 9.17) is 115 Å². The van der Waals surface area contributed by atoms with Crippen molar-refractivity contribution in [2.45, 2.75) is 13.8 Å². The number of esters is 2. The van der Waals surface area contributed by atoms with Gasteiger partial charge >= 0.3 is 11.9 Å². The minimum atomic E-state index is -0.419. The first kappa shape index (κ1) is 84.7. The van der Waals surface area contributed by atoms with Gasteiger partial charge < -0.3 is 33.5 Å². The number of halogens is 7. The fourth-order valence-corrected chi connectivity index (χ4v) is 19.4. The van der Waals surface area contributed by atoms with Crippen molar-refractivity contribution in [2.75, 3.05) is 39.6 Å². The van der Waals surface area contributed by atoms with Crippen LogP contribution in [0, 0.1) is 35.3 Å². The number of phenols is 1. The fourth-order valence-electron chi connectivity index (χ4n) is 12.8. The van der Waals surface area contributed by atoms with Crippen molar-refractivity contribution in [3.8, 4) is 11.8 Å². The predicted molar refractivity (Wildman–Crippen MR) is 485 cm³/mol. The Morgan fingerprint density at radius 2 is 0.573 bits per heavy atom. The van der Waals surface area contributed by atoms with Gasteiger partial charge in [0, 0.05) is 102 Å². The first-order chi connectivity index (χ1) is 56.3. The molecule has 6 aromatic heterocycles. The molecule has 1 N–H and O–H groups in total. The number of phenolic OH excluding ortho intramolecular Hbond substituents is 1. The van der Waals surface area contributed by atoms with Gasteiger partial charge in [-0.25, -0.2) is 9.59 Å². The maximum absolute atomic E-state index is 11.9. The van der Waals surface area contributed by atoms with E-state index in [9.17, 15) is 24.8 Å². The topological polar surface area (TPSA) is 177 Å². The van der Waals surface area contributed by atoms with Gasteiger partial charge in [0.25, 0.3) is 5.69 Å². The molecule has 0 unspecified atom stereocenters. The van der Waals surface area contributed by atoms with Gasteiger partial charge in [-0.1, -0.05) is 204 Å². The Bertz CT molecular complexity index is 5630. The van der Waals surface area contributed by atoms with Crippen LogP contribution in [0.1, 0.15) is 79.3 Å². The zero-order chi connectivity index (χ0) is 82.7. The van der Waals surface area contributed by atoms with Crippen molar-refractivity contribution in [2.24, 2.45) is 0 Å². The van der Waals surface area contributed by atoms with Crippen LogP contribution in [0.25, 0.3) is 66.9 Å². The van der Waals surface area contributed by atoms with E-state index in [2.05, 4.69) is 32.4 Å². The normalized spacial score (nSPS) is 14.7. The number of nitro benzene ring substituents is 1. The van der Waals surface area contributed by atoms with Crippen LogP contribution in [0.4, 0.5) is 5.69 Å². The van der Waals surface area contributed by atoms with Crippen molar-refractivity contribution >= 4 is 234 Å². The van der Waals surface area contributed by atoms with Crippen LogP contribution in [-0.2, 0) is 38.0 Å². The number of aryl methyl sites for hydroxylation is 2. The predicted octanol–water partition coefficient (Wildman–Crippen LogP) is 27.9. The van der Waals surface area contributed by atoms with Gasteiger partial charge in [0.2, 0.25) is 0 Å². The second kappa shape index (κ2) is 38.5. The molecule has 6 aliphatic rings. The molecular weight excluding hydrogens is 1740 g/mol. The summed E-state index contributed by atoms with van der Waals surface area (Å²) >= 11 is 50.8. The lowest BCUT2D eigenvalue weighted by molar-refractivity contribution is -0.384. The zero-order valence-electron chi connectivity index (χ0n) is 61.9. The number of hydrogen-bond donors (Lipinski definition) is 1. The summed E-state index contributed by atoms with van der Waals surface area (Å²) in [5.41, 5.74) is 20.1. The van der Waals surface area contributed by atoms with E-state index in [0.29, 0.717) is 92.4 Å². The van der Waals surface area contributed by atoms with Crippen LogP contribution in [0.15, 0.2) is 268 Å². The molecule has 0 fully saturated rings. The Labute approximate surface area is 733 Å². The standard InChI is InChI=1S/C16H10ClNOS.C15H10Cl2OS.C15H10ClNO3S.3C15H11ClO2S/c1-10-16(12-4-2-11(8-18)3-5-12)13(9-19-10)14-6-7-15(17)20-14;1-9-15(10-2-4-11(16)5-3-10)12(8-18-9)13-6-7-14(17)19-13;1-9-15(10-2-4-11(5-3-10)17(18)19)12(8-20-9)13-6-7-14(16)21-13;1-9-15(10-2-4-11(17)5-3-10)12(8-18-9)13-6-7-14(16)19-13;2*1-9-2-4-10(5-3-9)14-11(8-18-15(14)17)12-6-7-13(16)19-12/h2-7H,1,9H2;2-7H,1,8H2;2-7H,1,8H2;2-7,17H,1,8H2;2*2-7H,8H2,1H3. The molecule has 0 radical (unpaired) electrons. The maximum Gasteiger partial charge on any atom is 0.339 e. The Hall–Kier alpha value is -10.2. The lowest BCUT2D eigenvalue weighted by Crippen LogP contribution is -1.98. The average Bonchev–Trinajstić information content (AvgIpc) is 1.73. The number of allylic oxidation sites excluding steroid dienone is 4. The van der Waals surface area contributed by atoms with Crippen molar-refractivity contribution in [3.63, 3.8) is 0 Å². The second-order valence-corrected chi connectivity index (χ2v) is 36.7. The Morgan fingerprint density at radius 3 is 0.829 bits per heavy atom. The number of ether oxygens (including phenoxy) is 6. The molecule has 0 spiro atoms. The molecule has 117 heavy (non-hydrogen) atoms. The van der Waals surface area contributed by atoms with Gasteiger partial charge in [-0.2, -0.15) is 5.26 Å². The van der Waals surface area contributed by atoms with Crippen molar-refractivity contribution in [1.82, 2.24) is 0 Å².